The summed E-state index contributed by atoms with van der Waals surface area (Å²) in [5.41, 5.74) is 1.58. The number of esters is 1. The summed E-state index contributed by atoms with van der Waals surface area (Å²) in [6.07, 6.45) is 1.73. The second-order valence-electron chi connectivity index (χ2n) is 5.44. The third-order valence-electron chi connectivity index (χ3n) is 4.00. The summed E-state index contributed by atoms with van der Waals surface area (Å²) in [5.74, 6) is 0.211. The Bertz CT molecular complexity index is 567. The van der Waals surface area contributed by atoms with Gasteiger partial charge in [-0.2, -0.15) is 0 Å². The van der Waals surface area contributed by atoms with Crippen molar-refractivity contribution in [1.82, 2.24) is 5.32 Å². The molecule has 2 aliphatic rings. The Morgan fingerprint density at radius 2 is 2.20 bits per heavy atom. The van der Waals surface area contributed by atoms with Gasteiger partial charge in [0.25, 0.3) is 0 Å². The number of hydrogen-bond donors (Lipinski definition) is 2. The van der Waals surface area contributed by atoms with Crippen LogP contribution in [0.2, 0.25) is 0 Å². The Labute approximate surface area is 121 Å². The zero-order chi connectivity index (χ0) is 14.3. The van der Waals surface area contributed by atoms with E-state index in [0.29, 0.717) is 16.5 Å². The molecular formula is C14H18N2O3S. The number of ether oxygens (including phenoxy) is 1. The van der Waals surface area contributed by atoms with E-state index in [9.17, 15) is 9.59 Å². The molecule has 2 atom stereocenters. The van der Waals surface area contributed by atoms with Crippen molar-refractivity contribution in [2.45, 2.75) is 26.3 Å². The van der Waals surface area contributed by atoms with Crippen LogP contribution in [0.5, 0.6) is 0 Å². The zero-order valence-electron chi connectivity index (χ0n) is 11.6. The Morgan fingerprint density at radius 1 is 1.45 bits per heavy atom. The van der Waals surface area contributed by atoms with Crippen molar-refractivity contribution < 1.29 is 14.3 Å². The second kappa shape index (κ2) is 5.18. The Balaban J connectivity index is 1.90. The molecule has 0 aromatic carbocycles. The number of anilines is 1. The molecule has 1 saturated carbocycles. The highest BCUT2D eigenvalue weighted by atomic mass is 32.1. The lowest BCUT2D eigenvalue weighted by Crippen LogP contribution is -2.23. The lowest BCUT2D eigenvalue weighted by molar-refractivity contribution is -0.117. The van der Waals surface area contributed by atoms with Gasteiger partial charge in [-0.1, -0.05) is 6.92 Å². The highest BCUT2D eigenvalue weighted by Crippen LogP contribution is 2.41. The van der Waals surface area contributed by atoms with Gasteiger partial charge in [0.15, 0.2) is 0 Å². The predicted molar refractivity (Wildman–Crippen MR) is 77.0 cm³/mol. The fraction of sp³-hybridized carbons (Fsp3) is 0.571. The van der Waals surface area contributed by atoms with Crippen LogP contribution in [0.3, 0.4) is 0 Å². The molecule has 5 nitrogen and oxygen atoms in total. The van der Waals surface area contributed by atoms with Gasteiger partial charge in [0.05, 0.1) is 12.7 Å². The molecule has 1 aliphatic heterocycles. The van der Waals surface area contributed by atoms with Crippen LogP contribution in [0.25, 0.3) is 0 Å². The minimum absolute atomic E-state index is 0.0224. The van der Waals surface area contributed by atoms with E-state index in [-0.39, 0.29) is 17.8 Å². The molecule has 0 saturated heterocycles. The SMILES string of the molecule is COC(=O)c1c(NC(=O)C2CC2C)sc2c1CCNC2. The highest BCUT2D eigenvalue weighted by Gasteiger charge is 2.40. The lowest BCUT2D eigenvalue weighted by atomic mass is 10.0. The van der Waals surface area contributed by atoms with Crippen LogP contribution >= 0.6 is 11.3 Å². The molecule has 20 heavy (non-hydrogen) atoms. The topological polar surface area (TPSA) is 67.4 Å². The average Bonchev–Trinajstić information content (AvgIpc) is 3.07. The number of carbonyl (C=O) groups excluding carboxylic acids is 2. The van der Waals surface area contributed by atoms with E-state index in [4.69, 9.17) is 4.74 Å². The molecule has 0 spiro atoms. The fourth-order valence-electron chi connectivity index (χ4n) is 2.63. The van der Waals surface area contributed by atoms with Crippen LogP contribution < -0.4 is 10.6 Å². The average molecular weight is 294 g/mol. The van der Waals surface area contributed by atoms with Gasteiger partial charge < -0.3 is 15.4 Å². The van der Waals surface area contributed by atoms with Gasteiger partial charge in [0, 0.05) is 17.3 Å². The molecule has 1 amide bonds. The molecule has 108 valence electrons. The molecule has 0 radical (unpaired) electrons. The summed E-state index contributed by atoms with van der Waals surface area (Å²) < 4.78 is 4.88. The fourth-order valence-corrected chi connectivity index (χ4v) is 3.84. The first kappa shape index (κ1) is 13.6. The van der Waals surface area contributed by atoms with E-state index >= 15 is 0 Å². The summed E-state index contributed by atoms with van der Waals surface area (Å²) in [6, 6.07) is 0. The van der Waals surface area contributed by atoms with Crippen molar-refractivity contribution in [2.75, 3.05) is 19.0 Å². The molecule has 1 fully saturated rings. The van der Waals surface area contributed by atoms with Crippen LogP contribution in [0, 0.1) is 11.8 Å². The van der Waals surface area contributed by atoms with Gasteiger partial charge in [-0.15, -0.1) is 11.3 Å². The first-order valence-corrected chi connectivity index (χ1v) is 7.68. The van der Waals surface area contributed by atoms with Crippen molar-refractivity contribution in [3.05, 3.63) is 16.0 Å². The number of hydrogen-bond acceptors (Lipinski definition) is 5. The number of fused-ring (bicyclic) bond motifs is 1. The Kier molecular flexibility index (Phi) is 3.52. The smallest absolute Gasteiger partial charge is 0.341 e. The van der Waals surface area contributed by atoms with Crippen LogP contribution in [0.4, 0.5) is 5.00 Å². The van der Waals surface area contributed by atoms with E-state index in [2.05, 4.69) is 17.6 Å². The maximum atomic E-state index is 12.1. The van der Waals surface area contributed by atoms with E-state index in [0.717, 1.165) is 36.4 Å². The third-order valence-corrected chi connectivity index (χ3v) is 5.15. The minimum Gasteiger partial charge on any atom is -0.465 e. The molecule has 0 bridgehead atoms. The first-order chi connectivity index (χ1) is 9.61. The largest absolute Gasteiger partial charge is 0.465 e. The molecule has 6 heteroatoms. The maximum Gasteiger partial charge on any atom is 0.341 e. The van der Waals surface area contributed by atoms with Crippen molar-refractivity contribution in [3.63, 3.8) is 0 Å². The molecule has 1 aliphatic carbocycles. The van der Waals surface area contributed by atoms with E-state index in [1.165, 1.54) is 18.4 Å². The van der Waals surface area contributed by atoms with Gasteiger partial charge >= 0.3 is 5.97 Å². The normalized spacial score (nSPS) is 23.9. The number of amides is 1. The summed E-state index contributed by atoms with van der Waals surface area (Å²) in [5, 5.41) is 6.85. The number of thiophene rings is 1. The molecule has 1 aromatic rings. The van der Waals surface area contributed by atoms with Crippen molar-refractivity contribution in [3.8, 4) is 0 Å². The zero-order valence-corrected chi connectivity index (χ0v) is 12.4. The number of rotatable bonds is 3. The van der Waals surface area contributed by atoms with Gasteiger partial charge in [0.2, 0.25) is 5.91 Å². The molecular weight excluding hydrogens is 276 g/mol. The van der Waals surface area contributed by atoms with Gasteiger partial charge in [-0.05, 0) is 30.9 Å². The van der Waals surface area contributed by atoms with E-state index in [1.807, 2.05) is 0 Å². The van der Waals surface area contributed by atoms with Crippen molar-refractivity contribution in [1.29, 1.82) is 0 Å². The summed E-state index contributed by atoms with van der Waals surface area (Å²) in [6.45, 7) is 3.66. The monoisotopic (exact) mass is 294 g/mol. The number of methoxy groups -OCH3 is 1. The molecule has 2 heterocycles. The molecule has 3 rings (SSSR count). The highest BCUT2D eigenvalue weighted by molar-refractivity contribution is 7.17. The van der Waals surface area contributed by atoms with Crippen LogP contribution in [0.1, 0.15) is 34.1 Å². The van der Waals surface area contributed by atoms with E-state index in [1.54, 1.807) is 0 Å². The first-order valence-electron chi connectivity index (χ1n) is 6.86. The Morgan fingerprint density at radius 3 is 2.85 bits per heavy atom. The van der Waals surface area contributed by atoms with Gasteiger partial charge in [-0.25, -0.2) is 4.79 Å². The van der Waals surface area contributed by atoms with Gasteiger partial charge in [-0.3, -0.25) is 4.79 Å². The lowest BCUT2D eigenvalue weighted by Gasteiger charge is -2.13. The molecule has 2 unspecified atom stereocenters. The van der Waals surface area contributed by atoms with Crippen LogP contribution in [-0.4, -0.2) is 25.5 Å². The van der Waals surface area contributed by atoms with Crippen LogP contribution in [0.15, 0.2) is 0 Å². The minimum atomic E-state index is -0.358. The molecule has 2 N–H and O–H groups in total. The van der Waals surface area contributed by atoms with E-state index < -0.39 is 0 Å². The quantitative estimate of drug-likeness (QED) is 0.834. The van der Waals surface area contributed by atoms with Crippen LogP contribution in [-0.2, 0) is 22.5 Å². The van der Waals surface area contributed by atoms with Crippen molar-refractivity contribution >= 4 is 28.2 Å². The van der Waals surface area contributed by atoms with Crippen molar-refractivity contribution in [2.24, 2.45) is 11.8 Å². The maximum absolute atomic E-state index is 12.1. The molecule has 1 aromatic heterocycles. The second-order valence-corrected chi connectivity index (χ2v) is 6.54. The summed E-state index contributed by atoms with van der Waals surface area (Å²) in [4.78, 5) is 25.2. The standard InChI is InChI=1S/C14H18N2O3S/c1-7-5-9(7)12(17)16-13-11(14(18)19-2)8-3-4-15-6-10(8)20-13/h7,9,15H,3-6H2,1-2H3,(H,16,17). The summed E-state index contributed by atoms with van der Waals surface area (Å²) in [7, 11) is 1.38. The number of nitrogens with one attached hydrogen (secondary N) is 2. The third kappa shape index (κ3) is 2.33. The van der Waals surface area contributed by atoms with Gasteiger partial charge in [0.1, 0.15) is 5.00 Å². The Hall–Kier alpha value is -1.40. The predicted octanol–water partition coefficient (Wildman–Crippen LogP) is 1.77. The summed E-state index contributed by atoms with van der Waals surface area (Å²) >= 11 is 1.49. The number of carbonyl (C=O) groups is 2.